The highest BCUT2D eigenvalue weighted by molar-refractivity contribution is 5.36. The molecule has 0 fully saturated rings. The number of nitrogens with one attached hydrogen (secondary N) is 1. The van der Waals surface area contributed by atoms with E-state index in [1.807, 2.05) is 31.4 Å². The van der Waals surface area contributed by atoms with Crippen LogP contribution in [0.3, 0.4) is 0 Å². The highest BCUT2D eigenvalue weighted by atomic mass is 14.8. The van der Waals surface area contributed by atoms with Crippen molar-refractivity contribution in [3.63, 3.8) is 0 Å². The Labute approximate surface area is 81.5 Å². The van der Waals surface area contributed by atoms with Crippen LogP contribution in [-0.4, -0.2) is 13.6 Å². The van der Waals surface area contributed by atoms with E-state index in [-0.39, 0.29) is 0 Å². The van der Waals surface area contributed by atoms with E-state index in [4.69, 9.17) is 0 Å². The van der Waals surface area contributed by atoms with E-state index in [0.29, 0.717) is 0 Å². The van der Waals surface area contributed by atoms with Gasteiger partial charge in [-0.1, -0.05) is 44.4 Å². The van der Waals surface area contributed by atoms with Gasteiger partial charge in [0.1, 0.15) is 0 Å². The van der Waals surface area contributed by atoms with E-state index < -0.39 is 0 Å². The van der Waals surface area contributed by atoms with Crippen LogP contribution in [0.25, 0.3) is 0 Å². The van der Waals surface area contributed by atoms with Gasteiger partial charge in [-0.05, 0) is 24.6 Å². The normalized spacial score (nSPS) is 12.8. The summed E-state index contributed by atoms with van der Waals surface area (Å²) in [5.41, 5.74) is 2.59. The highest BCUT2D eigenvalue weighted by Gasteiger charge is 1.99. The van der Waals surface area contributed by atoms with Crippen LogP contribution in [0.1, 0.15) is 13.3 Å². The largest absolute Gasteiger partial charge is 0.316 e. The van der Waals surface area contributed by atoms with Gasteiger partial charge in [-0.25, -0.2) is 0 Å². The quantitative estimate of drug-likeness (QED) is 0.615. The van der Waals surface area contributed by atoms with Gasteiger partial charge in [0.15, 0.2) is 0 Å². The highest BCUT2D eigenvalue weighted by Crippen LogP contribution is 2.13. The SMILES string of the molecule is C=C/C=C(CC)\C(=C/C=C)CNC. The van der Waals surface area contributed by atoms with E-state index in [0.717, 1.165) is 13.0 Å². The lowest BCUT2D eigenvalue weighted by atomic mass is 10.0. The summed E-state index contributed by atoms with van der Waals surface area (Å²) in [6, 6.07) is 0. The van der Waals surface area contributed by atoms with Gasteiger partial charge in [0.25, 0.3) is 0 Å². The summed E-state index contributed by atoms with van der Waals surface area (Å²) in [5, 5.41) is 3.13. The molecule has 13 heavy (non-hydrogen) atoms. The van der Waals surface area contributed by atoms with Gasteiger partial charge in [0.05, 0.1) is 0 Å². The predicted octanol–water partition coefficient (Wildman–Crippen LogP) is 2.84. The standard InChI is InChI=1S/C12H19N/c1-5-8-11(7-3)12(9-6-2)10-13-4/h5-6,8-9,13H,1-2,7,10H2,3-4H3/b11-8-,12-9-. The molecule has 1 nitrogen and oxygen atoms in total. The fourth-order valence-corrected chi connectivity index (χ4v) is 1.21. The number of hydrogen-bond donors (Lipinski definition) is 1. The fourth-order valence-electron chi connectivity index (χ4n) is 1.21. The smallest absolute Gasteiger partial charge is 0.0205 e. The van der Waals surface area contributed by atoms with Crippen molar-refractivity contribution in [2.75, 3.05) is 13.6 Å². The molecule has 0 aliphatic carbocycles. The average molecular weight is 177 g/mol. The topological polar surface area (TPSA) is 12.0 Å². The van der Waals surface area contributed by atoms with E-state index in [9.17, 15) is 0 Å². The summed E-state index contributed by atoms with van der Waals surface area (Å²) in [4.78, 5) is 0. The van der Waals surface area contributed by atoms with E-state index in [1.54, 1.807) is 0 Å². The molecule has 0 saturated carbocycles. The summed E-state index contributed by atoms with van der Waals surface area (Å²) >= 11 is 0. The molecule has 0 radical (unpaired) electrons. The first kappa shape index (κ1) is 11.9. The summed E-state index contributed by atoms with van der Waals surface area (Å²) < 4.78 is 0. The zero-order valence-corrected chi connectivity index (χ0v) is 8.64. The maximum atomic E-state index is 3.70. The second-order valence-corrected chi connectivity index (χ2v) is 2.74. The van der Waals surface area contributed by atoms with Crippen LogP contribution in [0, 0.1) is 0 Å². The van der Waals surface area contributed by atoms with Crippen molar-refractivity contribution in [3.8, 4) is 0 Å². The number of rotatable bonds is 6. The van der Waals surface area contributed by atoms with E-state index >= 15 is 0 Å². The molecule has 1 heteroatoms. The molecule has 0 heterocycles. The summed E-state index contributed by atoms with van der Waals surface area (Å²) in [6.45, 7) is 10.4. The molecule has 0 aliphatic rings. The molecule has 1 N–H and O–H groups in total. The molecule has 72 valence electrons. The summed E-state index contributed by atoms with van der Waals surface area (Å²) in [6.07, 6.45) is 8.75. The van der Waals surface area contributed by atoms with Gasteiger partial charge in [0.2, 0.25) is 0 Å². The average Bonchev–Trinajstić information content (AvgIpc) is 2.14. The Morgan fingerprint density at radius 3 is 2.08 bits per heavy atom. The Morgan fingerprint density at radius 1 is 1.15 bits per heavy atom. The molecule has 0 unspecified atom stereocenters. The maximum Gasteiger partial charge on any atom is 0.0205 e. The maximum absolute atomic E-state index is 3.70. The molecule has 0 saturated heterocycles. The Kier molecular flexibility index (Phi) is 6.93. The first-order valence-corrected chi connectivity index (χ1v) is 4.58. The van der Waals surface area contributed by atoms with Crippen molar-refractivity contribution >= 4 is 0 Å². The van der Waals surface area contributed by atoms with Crippen LogP contribution >= 0.6 is 0 Å². The van der Waals surface area contributed by atoms with Gasteiger partial charge in [0, 0.05) is 6.54 Å². The van der Waals surface area contributed by atoms with Gasteiger partial charge in [-0.2, -0.15) is 0 Å². The minimum absolute atomic E-state index is 0.875. The number of allylic oxidation sites excluding steroid dienone is 4. The summed E-state index contributed by atoms with van der Waals surface area (Å²) in [7, 11) is 1.94. The monoisotopic (exact) mass is 177 g/mol. The van der Waals surface area contributed by atoms with Crippen molar-refractivity contribution in [3.05, 3.63) is 48.6 Å². The Balaban J connectivity index is 4.68. The molecule has 0 rings (SSSR count). The van der Waals surface area contributed by atoms with Crippen LogP contribution in [0.15, 0.2) is 48.6 Å². The van der Waals surface area contributed by atoms with Crippen molar-refractivity contribution in [1.82, 2.24) is 5.32 Å². The lowest BCUT2D eigenvalue weighted by Gasteiger charge is -2.08. The fraction of sp³-hybridized carbons (Fsp3) is 0.333. The van der Waals surface area contributed by atoms with Gasteiger partial charge < -0.3 is 5.32 Å². The minimum atomic E-state index is 0.875. The Hall–Kier alpha value is -1.08. The molecule has 0 aromatic rings. The van der Waals surface area contributed by atoms with Crippen LogP contribution in [0.4, 0.5) is 0 Å². The van der Waals surface area contributed by atoms with Crippen LogP contribution in [0.2, 0.25) is 0 Å². The lowest BCUT2D eigenvalue weighted by Crippen LogP contribution is -2.11. The van der Waals surface area contributed by atoms with Crippen molar-refractivity contribution in [2.45, 2.75) is 13.3 Å². The lowest BCUT2D eigenvalue weighted by molar-refractivity contribution is 0.873. The zero-order valence-electron chi connectivity index (χ0n) is 8.64. The third kappa shape index (κ3) is 4.48. The summed E-state index contributed by atoms with van der Waals surface area (Å²) in [5.74, 6) is 0. The van der Waals surface area contributed by atoms with Gasteiger partial charge in [-0.15, -0.1) is 0 Å². The van der Waals surface area contributed by atoms with Gasteiger partial charge >= 0.3 is 0 Å². The molecule has 0 atom stereocenters. The van der Waals surface area contributed by atoms with Crippen molar-refractivity contribution in [2.24, 2.45) is 0 Å². The molecule has 0 aromatic carbocycles. The van der Waals surface area contributed by atoms with Crippen molar-refractivity contribution < 1.29 is 0 Å². The third-order valence-corrected chi connectivity index (χ3v) is 1.80. The van der Waals surface area contributed by atoms with Crippen LogP contribution in [0.5, 0.6) is 0 Å². The Morgan fingerprint density at radius 2 is 1.69 bits per heavy atom. The predicted molar refractivity (Wildman–Crippen MR) is 60.8 cm³/mol. The second-order valence-electron chi connectivity index (χ2n) is 2.74. The molecular weight excluding hydrogens is 158 g/mol. The second kappa shape index (κ2) is 7.56. The van der Waals surface area contributed by atoms with E-state index in [2.05, 4.69) is 25.4 Å². The zero-order chi connectivity index (χ0) is 10.1. The van der Waals surface area contributed by atoms with Crippen molar-refractivity contribution in [1.29, 1.82) is 0 Å². The molecular formula is C12H19N. The third-order valence-electron chi connectivity index (χ3n) is 1.80. The van der Waals surface area contributed by atoms with E-state index in [1.165, 1.54) is 11.1 Å². The number of likely N-dealkylation sites (N-methyl/N-ethyl adjacent to an activating group) is 1. The molecule has 0 amide bonds. The van der Waals surface area contributed by atoms with Gasteiger partial charge in [-0.3, -0.25) is 0 Å². The number of hydrogen-bond acceptors (Lipinski definition) is 1. The first-order valence-electron chi connectivity index (χ1n) is 4.58. The molecule has 0 bridgehead atoms. The van der Waals surface area contributed by atoms with Crippen LogP contribution in [-0.2, 0) is 0 Å². The molecule has 0 spiro atoms. The molecule has 0 aliphatic heterocycles. The Bertz CT molecular complexity index is 221. The molecule has 0 aromatic heterocycles. The van der Waals surface area contributed by atoms with Crippen LogP contribution < -0.4 is 5.32 Å². The first-order chi connectivity index (χ1) is 6.29. The minimum Gasteiger partial charge on any atom is -0.316 e.